The van der Waals surface area contributed by atoms with Crippen molar-refractivity contribution in [2.45, 2.75) is 38.5 Å². The Bertz CT molecular complexity index is 1320. The molecule has 14 heteroatoms. The first-order valence-corrected chi connectivity index (χ1v) is 13.3. The van der Waals surface area contributed by atoms with E-state index >= 15 is 0 Å². The summed E-state index contributed by atoms with van der Waals surface area (Å²) in [6, 6.07) is 9.15. The number of benzene rings is 2. The van der Waals surface area contributed by atoms with E-state index in [1.165, 1.54) is 16.9 Å². The molecule has 2 fully saturated rings. The smallest absolute Gasteiger partial charge is 0.410 e. The average Bonchev–Trinajstić information content (AvgIpc) is 2.95. The van der Waals surface area contributed by atoms with E-state index in [4.69, 9.17) is 25.4 Å². The van der Waals surface area contributed by atoms with Gasteiger partial charge in [0.1, 0.15) is 17.7 Å². The molecule has 2 heterocycles. The highest BCUT2D eigenvalue weighted by Crippen LogP contribution is 2.25. The van der Waals surface area contributed by atoms with E-state index < -0.39 is 41.8 Å². The standard InChI is InChI=1S/C22H27N3O5.C6H10N2O4/c1-22(2,3)30-21(28)24-9-10-25(18(13-24)20(27)29-4)19(26)16-11-14-7-5-6-8-15(14)12-17(16)23;9-5(10)4-3-7-1-2-8(4)6(11)12/h5-8,11-12,18H,9-10,13,23H2,1-4H3;4,7H,1-3H2,(H,9,10)(H,11,12)/t18-;/m0./s1. The highest BCUT2D eigenvalue weighted by molar-refractivity contribution is 6.05. The number of ether oxygens (including phenoxy) is 2. The van der Waals surface area contributed by atoms with E-state index in [0.29, 0.717) is 17.8 Å². The molecule has 1 unspecified atom stereocenters. The van der Waals surface area contributed by atoms with Crippen LogP contribution in [-0.4, -0.2) is 119 Å². The van der Waals surface area contributed by atoms with Crippen LogP contribution in [0.5, 0.6) is 0 Å². The Morgan fingerprint density at radius 2 is 1.60 bits per heavy atom. The molecule has 14 nitrogen and oxygen atoms in total. The molecule has 42 heavy (non-hydrogen) atoms. The predicted molar refractivity (Wildman–Crippen MR) is 152 cm³/mol. The van der Waals surface area contributed by atoms with Gasteiger partial charge in [-0.15, -0.1) is 0 Å². The Balaban J connectivity index is 0.000000337. The van der Waals surface area contributed by atoms with Gasteiger partial charge in [0.15, 0.2) is 0 Å². The number of piperazine rings is 2. The van der Waals surface area contributed by atoms with Crippen molar-refractivity contribution in [3.63, 3.8) is 0 Å². The second kappa shape index (κ2) is 13.4. The number of hydrogen-bond acceptors (Lipinski definition) is 9. The number of esters is 1. The van der Waals surface area contributed by atoms with Gasteiger partial charge in [-0.3, -0.25) is 9.69 Å². The maximum absolute atomic E-state index is 13.3. The van der Waals surface area contributed by atoms with Crippen LogP contribution in [-0.2, 0) is 19.1 Å². The van der Waals surface area contributed by atoms with E-state index in [9.17, 15) is 24.0 Å². The lowest BCUT2D eigenvalue weighted by molar-refractivity contribution is -0.148. The van der Waals surface area contributed by atoms with E-state index in [0.717, 1.165) is 15.7 Å². The quantitative estimate of drug-likeness (QED) is 0.302. The van der Waals surface area contributed by atoms with Crippen molar-refractivity contribution in [2.24, 2.45) is 0 Å². The molecular weight excluding hydrogens is 550 g/mol. The number of nitrogens with one attached hydrogen (secondary N) is 1. The van der Waals surface area contributed by atoms with Gasteiger partial charge in [0.25, 0.3) is 5.91 Å². The molecule has 0 bridgehead atoms. The molecule has 0 saturated carbocycles. The summed E-state index contributed by atoms with van der Waals surface area (Å²) in [5.74, 6) is -2.09. The number of carboxylic acid groups (broad SMARTS) is 2. The van der Waals surface area contributed by atoms with E-state index in [1.807, 2.05) is 24.3 Å². The minimum Gasteiger partial charge on any atom is -0.480 e. The molecule has 2 atom stereocenters. The van der Waals surface area contributed by atoms with Crippen LogP contribution in [0.4, 0.5) is 15.3 Å². The van der Waals surface area contributed by atoms with Gasteiger partial charge in [-0.05, 0) is 43.7 Å². The van der Waals surface area contributed by atoms with Gasteiger partial charge in [-0.25, -0.2) is 19.2 Å². The largest absolute Gasteiger partial charge is 0.480 e. The number of nitrogens with zero attached hydrogens (tertiary/aromatic N) is 3. The molecule has 2 aromatic carbocycles. The third-order valence-corrected chi connectivity index (χ3v) is 6.69. The summed E-state index contributed by atoms with van der Waals surface area (Å²) in [7, 11) is 1.25. The highest BCUT2D eigenvalue weighted by Gasteiger charge is 2.39. The van der Waals surface area contributed by atoms with Crippen LogP contribution >= 0.6 is 0 Å². The minimum atomic E-state index is -1.18. The first-order valence-electron chi connectivity index (χ1n) is 13.3. The first-order chi connectivity index (χ1) is 19.7. The fourth-order valence-corrected chi connectivity index (χ4v) is 4.61. The Labute approximate surface area is 242 Å². The van der Waals surface area contributed by atoms with Gasteiger partial charge in [-0.2, -0.15) is 0 Å². The number of carbonyl (C=O) groups excluding carboxylic acids is 3. The van der Waals surface area contributed by atoms with Crippen molar-refractivity contribution in [1.29, 1.82) is 0 Å². The Morgan fingerprint density at radius 1 is 0.952 bits per heavy atom. The number of amides is 3. The maximum Gasteiger partial charge on any atom is 0.410 e. The van der Waals surface area contributed by atoms with Crippen LogP contribution in [0.1, 0.15) is 31.1 Å². The molecular formula is C28H37N5O9. The number of rotatable bonds is 3. The summed E-state index contributed by atoms with van der Waals surface area (Å²) in [5, 5.41) is 21.8. The first kappa shape index (κ1) is 31.9. The van der Waals surface area contributed by atoms with Crippen molar-refractivity contribution in [1.82, 2.24) is 20.0 Å². The lowest BCUT2D eigenvalue weighted by Gasteiger charge is -2.40. The monoisotopic (exact) mass is 587 g/mol. The molecule has 2 saturated heterocycles. The average molecular weight is 588 g/mol. The van der Waals surface area contributed by atoms with Crippen LogP contribution in [0, 0.1) is 0 Å². The van der Waals surface area contributed by atoms with Gasteiger partial charge >= 0.3 is 24.1 Å². The van der Waals surface area contributed by atoms with E-state index in [2.05, 4.69) is 5.32 Å². The molecule has 3 amide bonds. The molecule has 4 rings (SSSR count). The van der Waals surface area contributed by atoms with Crippen molar-refractivity contribution < 1.29 is 43.7 Å². The number of aliphatic carboxylic acids is 1. The van der Waals surface area contributed by atoms with E-state index in [1.54, 1.807) is 32.9 Å². The molecule has 0 aliphatic carbocycles. The third-order valence-electron chi connectivity index (χ3n) is 6.69. The lowest BCUT2D eigenvalue weighted by Crippen LogP contribution is -2.60. The van der Waals surface area contributed by atoms with Crippen LogP contribution in [0.3, 0.4) is 0 Å². The zero-order chi connectivity index (χ0) is 31.2. The molecule has 0 aromatic heterocycles. The summed E-state index contributed by atoms with van der Waals surface area (Å²) in [4.78, 5) is 63.0. The Kier molecular flexibility index (Phi) is 10.2. The fraction of sp³-hybridized carbons (Fsp3) is 0.464. The van der Waals surface area contributed by atoms with Crippen LogP contribution in [0.25, 0.3) is 10.8 Å². The van der Waals surface area contributed by atoms with Crippen molar-refractivity contribution in [3.05, 3.63) is 42.0 Å². The summed E-state index contributed by atoms with van der Waals surface area (Å²) < 4.78 is 10.3. The second-order valence-corrected chi connectivity index (χ2v) is 10.8. The molecule has 5 N–H and O–H groups in total. The summed E-state index contributed by atoms with van der Waals surface area (Å²) in [6.45, 7) is 6.61. The Morgan fingerprint density at radius 3 is 2.14 bits per heavy atom. The van der Waals surface area contributed by atoms with Crippen molar-refractivity contribution >= 4 is 46.5 Å². The number of carboxylic acids is 1. The number of fused-ring (bicyclic) bond motifs is 1. The van der Waals surface area contributed by atoms with E-state index in [-0.39, 0.29) is 38.6 Å². The van der Waals surface area contributed by atoms with Crippen molar-refractivity contribution in [2.75, 3.05) is 52.1 Å². The number of methoxy groups -OCH3 is 1. The zero-order valence-electron chi connectivity index (χ0n) is 24.0. The van der Waals surface area contributed by atoms with Crippen LogP contribution < -0.4 is 11.1 Å². The SMILES string of the molecule is COC(=O)[C@@H]1CN(C(=O)OC(C)(C)C)CCN1C(=O)c1cc2ccccc2cc1N.O=C(O)C1CNCCN1C(=O)O. The number of anilines is 1. The normalized spacial score (nSPS) is 18.9. The maximum atomic E-state index is 13.3. The summed E-state index contributed by atoms with van der Waals surface area (Å²) >= 11 is 0. The molecule has 2 aromatic rings. The van der Waals surface area contributed by atoms with Gasteiger partial charge in [0.2, 0.25) is 0 Å². The highest BCUT2D eigenvalue weighted by atomic mass is 16.6. The molecule has 0 radical (unpaired) electrons. The summed E-state index contributed by atoms with van der Waals surface area (Å²) in [5.41, 5.74) is 6.13. The molecule has 228 valence electrons. The number of hydrogen-bond donors (Lipinski definition) is 4. The van der Waals surface area contributed by atoms with Gasteiger partial charge in [-0.1, -0.05) is 24.3 Å². The Hall–Kier alpha value is -4.59. The number of nitrogen functional groups attached to an aromatic ring is 1. The molecule has 0 spiro atoms. The molecule has 2 aliphatic heterocycles. The minimum absolute atomic E-state index is 0.0131. The molecule has 2 aliphatic rings. The van der Waals surface area contributed by atoms with Gasteiger partial charge in [0.05, 0.1) is 19.2 Å². The van der Waals surface area contributed by atoms with Gasteiger partial charge in [0, 0.05) is 38.4 Å². The lowest BCUT2D eigenvalue weighted by atomic mass is 10.0. The zero-order valence-corrected chi connectivity index (χ0v) is 24.0. The number of carbonyl (C=O) groups is 5. The number of nitrogens with two attached hydrogens (primary N) is 1. The van der Waals surface area contributed by atoms with Crippen LogP contribution in [0.15, 0.2) is 36.4 Å². The van der Waals surface area contributed by atoms with Crippen LogP contribution in [0.2, 0.25) is 0 Å². The van der Waals surface area contributed by atoms with Crippen molar-refractivity contribution in [3.8, 4) is 0 Å². The fourth-order valence-electron chi connectivity index (χ4n) is 4.61. The summed E-state index contributed by atoms with van der Waals surface area (Å²) in [6.07, 6.45) is -1.71. The second-order valence-electron chi connectivity index (χ2n) is 10.8. The third kappa shape index (κ3) is 7.78. The predicted octanol–water partition coefficient (Wildman–Crippen LogP) is 1.68. The van der Waals surface area contributed by atoms with Gasteiger partial charge < -0.3 is 40.5 Å². The topological polar surface area (TPSA) is 192 Å².